The van der Waals surface area contributed by atoms with E-state index in [9.17, 15) is 21.6 Å². The number of benzene rings is 1. The van der Waals surface area contributed by atoms with Gasteiger partial charge in [0.05, 0.1) is 0 Å². The molecule has 3 rings (SSSR count). The minimum Gasteiger partial charge on any atom is -0.233 e. The average Bonchev–Trinajstić information content (AvgIpc) is 2.83. The first-order valence-corrected chi connectivity index (χ1v) is 8.71. The molecule has 1 atom stereocenters. The SMILES string of the molecule is O=S1(=O)[C@H](c2ccccc2)CCN1Cc1cnc(C(F)(F)F)nc1. The first kappa shape index (κ1) is 16.8. The Balaban J connectivity index is 1.77. The number of nitrogens with zero attached hydrogens (tertiary/aromatic N) is 3. The highest BCUT2D eigenvalue weighted by Gasteiger charge is 2.40. The second-order valence-corrected chi connectivity index (χ2v) is 7.59. The van der Waals surface area contributed by atoms with E-state index >= 15 is 0 Å². The molecule has 0 amide bonds. The number of aromatic nitrogens is 2. The van der Waals surface area contributed by atoms with Gasteiger partial charge in [-0.3, -0.25) is 0 Å². The maximum atomic E-state index is 12.6. The predicted octanol–water partition coefficient (Wildman–Crippen LogP) is 2.77. The van der Waals surface area contributed by atoms with Crippen LogP contribution in [-0.4, -0.2) is 29.2 Å². The molecule has 0 radical (unpaired) electrons. The van der Waals surface area contributed by atoms with Gasteiger partial charge in [-0.15, -0.1) is 0 Å². The van der Waals surface area contributed by atoms with Gasteiger partial charge in [0.1, 0.15) is 5.25 Å². The molecule has 9 heteroatoms. The molecule has 0 unspecified atom stereocenters. The van der Waals surface area contributed by atoms with E-state index < -0.39 is 27.3 Å². The molecule has 1 aromatic heterocycles. The fourth-order valence-corrected chi connectivity index (χ4v) is 4.63. The maximum Gasteiger partial charge on any atom is 0.451 e. The number of hydrogen-bond donors (Lipinski definition) is 0. The van der Waals surface area contributed by atoms with Crippen LogP contribution >= 0.6 is 0 Å². The normalized spacial score (nSPS) is 21.0. The van der Waals surface area contributed by atoms with Crippen molar-refractivity contribution in [2.75, 3.05) is 6.54 Å². The van der Waals surface area contributed by atoms with E-state index in [-0.39, 0.29) is 6.54 Å². The van der Waals surface area contributed by atoms with E-state index in [0.29, 0.717) is 24.1 Å². The van der Waals surface area contributed by atoms with Crippen LogP contribution in [0.2, 0.25) is 0 Å². The summed E-state index contributed by atoms with van der Waals surface area (Å²) in [7, 11) is -3.56. The van der Waals surface area contributed by atoms with Gasteiger partial charge >= 0.3 is 6.18 Å². The Hall–Kier alpha value is -2.00. The first-order valence-electron chi connectivity index (χ1n) is 7.20. The molecule has 128 valence electrons. The van der Waals surface area contributed by atoms with Crippen molar-refractivity contribution in [2.24, 2.45) is 0 Å². The Morgan fingerprint density at radius 2 is 1.75 bits per heavy atom. The molecule has 0 N–H and O–H groups in total. The fourth-order valence-electron chi connectivity index (χ4n) is 2.68. The average molecular weight is 357 g/mol. The van der Waals surface area contributed by atoms with Crippen molar-refractivity contribution in [2.45, 2.75) is 24.4 Å². The molecule has 1 fully saturated rings. The summed E-state index contributed by atoms with van der Waals surface area (Å²) in [6.07, 6.45) is -2.15. The van der Waals surface area contributed by atoms with Crippen LogP contribution in [0.15, 0.2) is 42.7 Å². The van der Waals surface area contributed by atoms with E-state index in [1.165, 1.54) is 4.31 Å². The molecule has 24 heavy (non-hydrogen) atoms. The van der Waals surface area contributed by atoms with Gasteiger partial charge in [0.25, 0.3) is 0 Å². The predicted molar refractivity (Wildman–Crippen MR) is 80.2 cm³/mol. The molecule has 5 nitrogen and oxygen atoms in total. The highest BCUT2D eigenvalue weighted by Crippen LogP contribution is 2.36. The molecule has 0 aliphatic carbocycles. The Morgan fingerprint density at radius 1 is 1.12 bits per heavy atom. The van der Waals surface area contributed by atoms with Crippen LogP contribution in [0.1, 0.15) is 28.6 Å². The molecular formula is C15H14F3N3O2S. The van der Waals surface area contributed by atoms with Crippen LogP contribution in [0.25, 0.3) is 0 Å². The monoisotopic (exact) mass is 357 g/mol. The lowest BCUT2D eigenvalue weighted by Gasteiger charge is -2.17. The summed E-state index contributed by atoms with van der Waals surface area (Å²) in [6.45, 7) is 0.271. The van der Waals surface area contributed by atoms with Crippen LogP contribution < -0.4 is 0 Å². The Labute approximate surface area is 137 Å². The number of rotatable bonds is 3. The largest absolute Gasteiger partial charge is 0.451 e. The number of halogens is 3. The van der Waals surface area contributed by atoms with Gasteiger partial charge in [-0.25, -0.2) is 18.4 Å². The van der Waals surface area contributed by atoms with Crippen LogP contribution in [0.4, 0.5) is 13.2 Å². The summed E-state index contributed by atoms with van der Waals surface area (Å²) in [5.41, 5.74) is 1.03. The van der Waals surface area contributed by atoms with Gasteiger partial charge in [-0.1, -0.05) is 30.3 Å². The standard InChI is InChI=1S/C15H14F3N3O2S/c16-15(17,18)14-19-8-11(9-20-14)10-21-7-6-13(24(21,22)23)12-4-2-1-3-5-12/h1-5,8-9,13H,6-7,10H2/t13-/m0/s1. The molecule has 0 spiro atoms. The fraction of sp³-hybridized carbons (Fsp3) is 0.333. The smallest absolute Gasteiger partial charge is 0.233 e. The van der Waals surface area contributed by atoms with E-state index in [0.717, 1.165) is 12.4 Å². The molecule has 2 heterocycles. The van der Waals surface area contributed by atoms with Gasteiger partial charge in [-0.2, -0.15) is 17.5 Å². The van der Waals surface area contributed by atoms with Crippen molar-refractivity contribution in [1.82, 2.24) is 14.3 Å². The van der Waals surface area contributed by atoms with Gasteiger partial charge in [0, 0.05) is 31.0 Å². The van der Waals surface area contributed by atoms with Crippen molar-refractivity contribution in [1.29, 1.82) is 0 Å². The van der Waals surface area contributed by atoms with Crippen molar-refractivity contribution < 1.29 is 21.6 Å². The molecular weight excluding hydrogens is 343 g/mol. The van der Waals surface area contributed by atoms with Crippen LogP contribution in [0.3, 0.4) is 0 Å². The summed E-state index contributed by atoms with van der Waals surface area (Å²) < 4.78 is 63.9. The molecule has 1 saturated heterocycles. The molecule has 0 bridgehead atoms. The minimum atomic E-state index is -4.61. The zero-order valence-corrected chi connectivity index (χ0v) is 13.3. The molecule has 2 aromatic rings. The van der Waals surface area contributed by atoms with Crippen LogP contribution in [-0.2, 0) is 22.7 Å². The van der Waals surface area contributed by atoms with Gasteiger partial charge in [-0.05, 0) is 12.0 Å². The molecule has 1 aliphatic heterocycles. The van der Waals surface area contributed by atoms with E-state index in [1.54, 1.807) is 24.3 Å². The Kier molecular flexibility index (Phi) is 4.31. The van der Waals surface area contributed by atoms with Crippen LogP contribution in [0.5, 0.6) is 0 Å². The maximum absolute atomic E-state index is 12.6. The third kappa shape index (κ3) is 3.27. The first-order chi connectivity index (χ1) is 11.3. The summed E-state index contributed by atoms with van der Waals surface area (Å²) in [5, 5.41) is -0.630. The lowest BCUT2D eigenvalue weighted by Crippen LogP contribution is -2.26. The number of hydrogen-bond acceptors (Lipinski definition) is 4. The highest BCUT2D eigenvalue weighted by molar-refractivity contribution is 7.89. The summed E-state index contributed by atoms with van der Waals surface area (Å²) in [5.74, 6) is -1.24. The van der Waals surface area contributed by atoms with Gasteiger partial charge in [0.2, 0.25) is 15.8 Å². The lowest BCUT2D eigenvalue weighted by molar-refractivity contribution is -0.145. The van der Waals surface area contributed by atoms with Crippen molar-refractivity contribution in [3.63, 3.8) is 0 Å². The number of alkyl halides is 3. The summed E-state index contributed by atoms with van der Waals surface area (Å²) in [4.78, 5) is 6.52. The Morgan fingerprint density at radius 3 is 2.33 bits per heavy atom. The topological polar surface area (TPSA) is 63.2 Å². The van der Waals surface area contributed by atoms with Crippen molar-refractivity contribution in [3.8, 4) is 0 Å². The van der Waals surface area contributed by atoms with E-state index in [2.05, 4.69) is 9.97 Å². The third-order valence-corrected chi connectivity index (χ3v) is 6.11. The van der Waals surface area contributed by atoms with E-state index in [1.807, 2.05) is 6.07 Å². The zero-order valence-electron chi connectivity index (χ0n) is 12.4. The lowest BCUT2D eigenvalue weighted by atomic mass is 10.1. The van der Waals surface area contributed by atoms with Crippen molar-refractivity contribution >= 4 is 10.0 Å². The second kappa shape index (κ2) is 6.14. The summed E-state index contributed by atoms with van der Waals surface area (Å²) in [6, 6.07) is 8.87. The molecule has 1 aromatic carbocycles. The highest BCUT2D eigenvalue weighted by atomic mass is 32.2. The zero-order chi connectivity index (χ0) is 17.4. The summed E-state index contributed by atoms with van der Waals surface area (Å²) >= 11 is 0. The van der Waals surface area contributed by atoms with Crippen molar-refractivity contribution in [3.05, 3.63) is 59.7 Å². The van der Waals surface area contributed by atoms with Crippen LogP contribution in [0, 0.1) is 0 Å². The minimum absolute atomic E-state index is 0.0379. The molecule has 0 saturated carbocycles. The number of sulfonamides is 1. The van der Waals surface area contributed by atoms with E-state index in [4.69, 9.17) is 0 Å². The van der Waals surface area contributed by atoms with Gasteiger partial charge in [0.15, 0.2) is 0 Å². The molecule has 1 aliphatic rings. The van der Waals surface area contributed by atoms with Gasteiger partial charge < -0.3 is 0 Å². The quantitative estimate of drug-likeness (QED) is 0.847. The Bertz CT molecular complexity index is 808. The third-order valence-electron chi connectivity index (χ3n) is 3.85. The second-order valence-electron chi connectivity index (χ2n) is 5.48.